The third-order valence-corrected chi connectivity index (χ3v) is 5.73. The Hall–Kier alpha value is -1.44. The average Bonchev–Trinajstić information content (AvgIpc) is 3.22. The lowest BCUT2D eigenvalue weighted by Gasteiger charge is -2.35. The molecule has 1 saturated heterocycles. The van der Waals surface area contributed by atoms with Crippen molar-refractivity contribution in [1.29, 1.82) is 0 Å². The van der Waals surface area contributed by atoms with Gasteiger partial charge in [0, 0.05) is 32.1 Å². The maximum atomic E-state index is 12.7. The summed E-state index contributed by atoms with van der Waals surface area (Å²) in [4.78, 5) is 10.2. The zero-order chi connectivity index (χ0) is 21.6. The first kappa shape index (κ1) is 25.8. The molecule has 1 atom stereocenters. The van der Waals surface area contributed by atoms with E-state index in [0.29, 0.717) is 30.7 Å². The number of aromatic nitrogens is 1. The lowest BCUT2D eigenvalue weighted by atomic mass is 10.0. The number of thiazole rings is 1. The predicted octanol–water partition coefficient (Wildman–Crippen LogP) is 3.83. The second kappa shape index (κ2) is 12.0. The zero-order valence-corrected chi connectivity index (χ0v) is 20.6. The topological polar surface area (TPSA) is 61.8 Å². The van der Waals surface area contributed by atoms with Crippen molar-refractivity contribution in [2.75, 3.05) is 39.9 Å². The first-order valence-electron chi connectivity index (χ1n) is 9.71. The zero-order valence-electron chi connectivity index (χ0n) is 17.4. The number of nitrogens with zero attached hydrogens (tertiary/aromatic N) is 3. The summed E-state index contributed by atoms with van der Waals surface area (Å²) in [5.74, 6) is 0.518. The standard InChI is InChI=1S/C20H26F3N5OS.HI/c1-14-3-5-15(6-4-14)16(28-7-9-29-10-8-28)11-25-19(24-2)26-12-18-27-17(13-30-18)20(21,22)23;/h3-6,13,16H,7-12H2,1-2H3,(H2,24,25,26);1H. The van der Waals surface area contributed by atoms with Gasteiger partial charge in [-0.05, 0) is 12.5 Å². The number of morpholine rings is 1. The fourth-order valence-corrected chi connectivity index (χ4v) is 3.97. The monoisotopic (exact) mass is 569 g/mol. The van der Waals surface area contributed by atoms with Gasteiger partial charge in [0.2, 0.25) is 0 Å². The molecule has 11 heteroatoms. The van der Waals surface area contributed by atoms with Crippen LogP contribution >= 0.6 is 35.3 Å². The summed E-state index contributed by atoms with van der Waals surface area (Å²) in [5, 5.41) is 7.73. The molecule has 1 aliphatic rings. The molecule has 0 radical (unpaired) electrons. The molecule has 1 aliphatic heterocycles. The number of rotatable bonds is 6. The van der Waals surface area contributed by atoms with Crippen LogP contribution in [-0.2, 0) is 17.5 Å². The number of halogens is 4. The van der Waals surface area contributed by atoms with E-state index in [9.17, 15) is 13.2 Å². The van der Waals surface area contributed by atoms with Gasteiger partial charge in [0.05, 0.1) is 25.8 Å². The Bertz CT molecular complexity index is 838. The van der Waals surface area contributed by atoms with Gasteiger partial charge in [-0.2, -0.15) is 13.2 Å². The molecule has 1 fully saturated rings. The molecule has 0 saturated carbocycles. The van der Waals surface area contributed by atoms with Crippen molar-refractivity contribution in [2.45, 2.75) is 25.7 Å². The van der Waals surface area contributed by atoms with Crippen LogP contribution in [-0.4, -0.2) is 55.7 Å². The largest absolute Gasteiger partial charge is 0.434 e. The number of ether oxygens (including phenoxy) is 1. The Morgan fingerprint density at radius 3 is 2.48 bits per heavy atom. The van der Waals surface area contributed by atoms with Crippen LogP contribution in [0.1, 0.15) is 27.9 Å². The van der Waals surface area contributed by atoms with Crippen molar-refractivity contribution < 1.29 is 17.9 Å². The van der Waals surface area contributed by atoms with Gasteiger partial charge in [0.25, 0.3) is 0 Å². The molecule has 2 heterocycles. The molecule has 1 aromatic carbocycles. The summed E-state index contributed by atoms with van der Waals surface area (Å²) >= 11 is 0.976. The number of guanidine groups is 1. The van der Waals surface area contributed by atoms with Crippen LogP contribution in [0, 0.1) is 6.92 Å². The third-order valence-electron chi connectivity index (χ3n) is 4.88. The Labute approximate surface area is 201 Å². The predicted molar refractivity (Wildman–Crippen MR) is 127 cm³/mol. The number of aryl methyl sites for hydroxylation is 1. The van der Waals surface area contributed by atoms with E-state index in [1.165, 1.54) is 11.1 Å². The van der Waals surface area contributed by atoms with Gasteiger partial charge < -0.3 is 15.4 Å². The fourth-order valence-electron chi connectivity index (χ4n) is 3.23. The molecule has 2 N–H and O–H groups in total. The van der Waals surface area contributed by atoms with Crippen molar-refractivity contribution in [3.8, 4) is 0 Å². The second-order valence-electron chi connectivity index (χ2n) is 7.01. The number of hydrogen-bond acceptors (Lipinski definition) is 5. The average molecular weight is 569 g/mol. The molecule has 1 unspecified atom stereocenters. The molecule has 0 spiro atoms. The molecule has 3 rings (SSSR count). The van der Waals surface area contributed by atoms with Crippen LogP contribution < -0.4 is 10.6 Å². The van der Waals surface area contributed by atoms with Crippen LogP contribution in [0.4, 0.5) is 13.2 Å². The van der Waals surface area contributed by atoms with E-state index in [1.807, 2.05) is 0 Å². The van der Waals surface area contributed by atoms with Crippen LogP contribution in [0.3, 0.4) is 0 Å². The van der Waals surface area contributed by atoms with Crippen molar-refractivity contribution in [2.24, 2.45) is 4.99 Å². The Kier molecular flexibility index (Phi) is 9.97. The van der Waals surface area contributed by atoms with Gasteiger partial charge in [0.15, 0.2) is 11.7 Å². The summed E-state index contributed by atoms with van der Waals surface area (Å²) in [6.45, 7) is 5.90. The van der Waals surface area contributed by atoms with Gasteiger partial charge in [-0.1, -0.05) is 29.8 Å². The van der Waals surface area contributed by atoms with Crippen molar-refractivity contribution >= 4 is 41.3 Å². The fraction of sp³-hybridized carbons (Fsp3) is 0.500. The van der Waals surface area contributed by atoms with Gasteiger partial charge in [0.1, 0.15) is 5.01 Å². The van der Waals surface area contributed by atoms with E-state index in [0.717, 1.165) is 29.8 Å². The first-order valence-corrected chi connectivity index (χ1v) is 10.6. The maximum absolute atomic E-state index is 12.7. The summed E-state index contributed by atoms with van der Waals surface area (Å²) in [6.07, 6.45) is -4.42. The van der Waals surface area contributed by atoms with Crippen molar-refractivity contribution in [3.63, 3.8) is 0 Å². The number of nitrogens with one attached hydrogen (secondary N) is 2. The quantitative estimate of drug-likeness (QED) is 0.315. The number of alkyl halides is 3. The SMILES string of the molecule is CN=C(NCc1nc(C(F)(F)F)cs1)NCC(c1ccc(C)cc1)N1CCOCC1.I. The highest BCUT2D eigenvalue weighted by atomic mass is 127. The second-order valence-corrected chi connectivity index (χ2v) is 7.95. The summed E-state index contributed by atoms with van der Waals surface area (Å²) in [5.41, 5.74) is 1.53. The van der Waals surface area contributed by atoms with E-state index in [1.54, 1.807) is 7.05 Å². The Morgan fingerprint density at radius 2 is 1.90 bits per heavy atom. The molecule has 0 aliphatic carbocycles. The Morgan fingerprint density at radius 1 is 1.23 bits per heavy atom. The number of aliphatic imine (C=N–C) groups is 1. The smallest absolute Gasteiger partial charge is 0.379 e. The van der Waals surface area contributed by atoms with Crippen LogP contribution in [0.25, 0.3) is 0 Å². The summed E-state index contributed by atoms with van der Waals surface area (Å²) in [7, 11) is 1.63. The van der Waals surface area contributed by atoms with E-state index >= 15 is 0 Å². The van der Waals surface area contributed by atoms with Crippen molar-refractivity contribution in [1.82, 2.24) is 20.5 Å². The van der Waals surface area contributed by atoms with Gasteiger partial charge >= 0.3 is 6.18 Å². The van der Waals surface area contributed by atoms with Gasteiger partial charge in [-0.15, -0.1) is 35.3 Å². The summed E-state index contributed by atoms with van der Waals surface area (Å²) < 4.78 is 43.6. The highest BCUT2D eigenvalue weighted by Crippen LogP contribution is 2.30. The minimum absolute atomic E-state index is 0. The van der Waals surface area contributed by atoms with Gasteiger partial charge in [-0.3, -0.25) is 9.89 Å². The molecular weight excluding hydrogens is 542 g/mol. The minimum Gasteiger partial charge on any atom is -0.379 e. The highest BCUT2D eigenvalue weighted by molar-refractivity contribution is 14.0. The molecule has 0 amide bonds. The highest BCUT2D eigenvalue weighted by Gasteiger charge is 2.33. The molecule has 0 bridgehead atoms. The first-order chi connectivity index (χ1) is 14.4. The normalized spacial score (nSPS) is 16.5. The van der Waals surface area contributed by atoms with E-state index in [4.69, 9.17) is 4.74 Å². The molecule has 2 aromatic rings. The molecule has 1 aromatic heterocycles. The van der Waals surface area contributed by atoms with E-state index in [2.05, 4.69) is 56.7 Å². The van der Waals surface area contributed by atoms with Crippen LogP contribution in [0.5, 0.6) is 0 Å². The van der Waals surface area contributed by atoms with E-state index < -0.39 is 11.9 Å². The summed E-state index contributed by atoms with van der Waals surface area (Å²) in [6, 6.07) is 8.57. The molecule has 31 heavy (non-hydrogen) atoms. The lowest BCUT2D eigenvalue weighted by Crippen LogP contribution is -2.46. The number of benzene rings is 1. The lowest BCUT2D eigenvalue weighted by molar-refractivity contribution is -0.140. The van der Waals surface area contributed by atoms with Crippen LogP contribution in [0.2, 0.25) is 0 Å². The van der Waals surface area contributed by atoms with Gasteiger partial charge in [-0.25, -0.2) is 4.98 Å². The number of hydrogen-bond donors (Lipinski definition) is 2. The van der Waals surface area contributed by atoms with Crippen molar-refractivity contribution in [3.05, 3.63) is 51.5 Å². The molecule has 6 nitrogen and oxygen atoms in total. The third kappa shape index (κ3) is 7.58. The van der Waals surface area contributed by atoms with E-state index in [-0.39, 0.29) is 36.6 Å². The van der Waals surface area contributed by atoms with Crippen LogP contribution in [0.15, 0.2) is 34.6 Å². The molecule has 172 valence electrons. The minimum atomic E-state index is -4.42. The molecular formula is C20H27F3IN5OS. The Balaban J connectivity index is 0.00000341. The maximum Gasteiger partial charge on any atom is 0.434 e.